The highest BCUT2D eigenvalue weighted by atomic mass is 16.2. The van der Waals surface area contributed by atoms with Gasteiger partial charge in [0.05, 0.1) is 12.1 Å². The predicted molar refractivity (Wildman–Crippen MR) is 124 cm³/mol. The van der Waals surface area contributed by atoms with Crippen molar-refractivity contribution in [3.63, 3.8) is 0 Å². The fourth-order valence-electron chi connectivity index (χ4n) is 4.19. The molecule has 1 fully saturated rings. The Labute approximate surface area is 186 Å². The molecule has 6 nitrogen and oxygen atoms in total. The van der Waals surface area contributed by atoms with Gasteiger partial charge in [0, 0.05) is 36.6 Å². The summed E-state index contributed by atoms with van der Waals surface area (Å²) in [7, 11) is 0. The quantitative estimate of drug-likeness (QED) is 0.674. The van der Waals surface area contributed by atoms with E-state index in [4.69, 9.17) is 0 Å². The molecule has 0 N–H and O–H groups in total. The summed E-state index contributed by atoms with van der Waals surface area (Å²) in [5, 5.41) is 4.65. The summed E-state index contributed by atoms with van der Waals surface area (Å²) in [6.45, 7) is 12.8. The van der Waals surface area contributed by atoms with Gasteiger partial charge in [-0.3, -0.25) is 14.3 Å². The van der Waals surface area contributed by atoms with Crippen LogP contribution >= 0.6 is 0 Å². The fraction of sp³-hybridized carbons (Fsp3) is 0.560. The SMILES string of the molecule is Cc1ccc(N(CC(=O)N2CCCCC2)C(=O)Cc2c(C)nn(CC(C)C)c2C)cc1. The Morgan fingerprint density at radius 2 is 1.68 bits per heavy atom. The van der Waals surface area contributed by atoms with Crippen LogP contribution in [0.5, 0.6) is 0 Å². The number of aromatic nitrogens is 2. The Morgan fingerprint density at radius 3 is 2.29 bits per heavy atom. The summed E-state index contributed by atoms with van der Waals surface area (Å²) < 4.78 is 2.00. The number of aryl methyl sites for hydroxylation is 2. The molecule has 0 radical (unpaired) electrons. The number of amides is 2. The van der Waals surface area contributed by atoms with Gasteiger partial charge in [-0.15, -0.1) is 0 Å². The van der Waals surface area contributed by atoms with Crippen LogP contribution in [0.15, 0.2) is 24.3 Å². The smallest absolute Gasteiger partial charge is 0.242 e. The Kier molecular flexibility index (Phi) is 7.52. The maximum Gasteiger partial charge on any atom is 0.242 e. The Hall–Kier alpha value is -2.63. The van der Waals surface area contributed by atoms with Crippen molar-refractivity contribution >= 4 is 17.5 Å². The molecule has 0 atom stereocenters. The minimum Gasteiger partial charge on any atom is -0.341 e. The van der Waals surface area contributed by atoms with Gasteiger partial charge in [-0.2, -0.15) is 5.10 Å². The predicted octanol–water partition coefficient (Wildman–Crippen LogP) is 4.05. The van der Waals surface area contributed by atoms with Crippen molar-refractivity contribution in [2.24, 2.45) is 5.92 Å². The molecule has 2 aromatic rings. The average Bonchev–Trinajstić information content (AvgIpc) is 3.00. The molecule has 0 unspecified atom stereocenters. The lowest BCUT2D eigenvalue weighted by molar-refractivity contribution is -0.132. The molecule has 0 aliphatic carbocycles. The molecule has 3 rings (SSSR count). The van der Waals surface area contributed by atoms with Crippen LogP contribution in [-0.2, 0) is 22.6 Å². The number of carbonyl (C=O) groups is 2. The van der Waals surface area contributed by atoms with Crippen LogP contribution in [0.3, 0.4) is 0 Å². The second-order valence-corrected chi connectivity index (χ2v) is 9.16. The first-order valence-corrected chi connectivity index (χ1v) is 11.4. The molecule has 1 aromatic heterocycles. The summed E-state index contributed by atoms with van der Waals surface area (Å²) in [5.74, 6) is 0.440. The van der Waals surface area contributed by atoms with E-state index in [1.165, 1.54) is 6.42 Å². The van der Waals surface area contributed by atoms with E-state index in [1.54, 1.807) is 4.90 Å². The van der Waals surface area contributed by atoms with Gasteiger partial charge >= 0.3 is 0 Å². The molecule has 2 amide bonds. The van der Waals surface area contributed by atoms with E-state index in [0.717, 1.165) is 60.7 Å². The molecule has 6 heteroatoms. The van der Waals surface area contributed by atoms with Crippen LogP contribution in [0, 0.1) is 26.7 Å². The minimum atomic E-state index is -0.0653. The van der Waals surface area contributed by atoms with Crippen molar-refractivity contribution in [2.45, 2.75) is 66.8 Å². The molecule has 31 heavy (non-hydrogen) atoms. The highest BCUT2D eigenvalue weighted by Gasteiger charge is 2.25. The van der Waals surface area contributed by atoms with Crippen LogP contribution < -0.4 is 4.90 Å². The van der Waals surface area contributed by atoms with E-state index in [1.807, 2.05) is 54.6 Å². The van der Waals surface area contributed by atoms with E-state index in [0.29, 0.717) is 5.92 Å². The van der Waals surface area contributed by atoms with Gasteiger partial charge in [-0.1, -0.05) is 31.5 Å². The van der Waals surface area contributed by atoms with Gasteiger partial charge in [0.25, 0.3) is 0 Å². The molecule has 1 aliphatic heterocycles. The number of rotatable bonds is 7. The Bertz CT molecular complexity index is 908. The third-order valence-corrected chi connectivity index (χ3v) is 6.05. The molecular formula is C25H36N4O2. The number of hydrogen-bond donors (Lipinski definition) is 0. The molecule has 168 valence electrons. The lowest BCUT2D eigenvalue weighted by Crippen LogP contribution is -2.45. The average molecular weight is 425 g/mol. The number of nitrogens with zero attached hydrogens (tertiary/aromatic N) is 4. The zero-order chi connectivity index (χ0) is 22.5. The summed E-state index contributed by atoms with van der Waals surface area (Å²) in [6.07, 6.45) is 3.50. The van der Waals surface area contributed by atoms with Gasteiger partial charge in [0.1, 0.15) is 6.54 Å². The largest absolute Gasteiger partial charge is 0.341 e. The number of carbonyl (C=O) groups excluding carboxylic acids is 2. The molecule has 0 spiro atoms. The van der Waals surface area contributed by atoms with E-state index >= 15 is 0 Å². The standard InChI is InChI=1S/C25H36N4O2/c1-18(2)16-29-21(5)23(20(4)26-29)15-24(30)28(22-11-9-19(3)10-12-22)17-25(31)27-13-7-6-8-14-27/h9-12,18H,6-8,13-17H2,1-5H3. The van der Waals surface area contributed by atoms with Crippen LogP contribution in [0.1, 0.15) is 55.6 Å². The highest BCUT2D eigenvalue weighted by molar-refractivity contribution is 5.99. The van der Waals surface area contributed by atoms with E-state index in [-0.39, 0.29) is 24.8 Å². The maximum atomic E-state index is 13.5. The molecule has 1 aromatic carbocycles. The number of piperidine rings is 1. The number of anilines is 1. The topological polar surface area (TPSA) is 58.4 Å². The van der Waals surface area contributed by atoms with Crippen molar-refractivity contribution in [3.05, 3.63) is 46.8 Å². The van der Waals surface area contributed by atoms with Gasteiger partial charge in [0.15, 0.2) is 0 Å². The fourth-order valence-corrected chi connectivity index (χ4v) is 4.19. The summed E-state index contributed by atoms with van der Waals surface area (Å²) in [4.78, 5) is 30.0. The Balaban J connectivity index is 1.83. The second kappa shape index (κ2) is 10.1. The molecule has 2 heterocycles. The lowest BCUT2D eigenvalue weighted by Gasteiger charge is -2.30. The molecular weight excluding hydrogens is 388 g/mol. The third kappa shape index (κ3) is 5.75. The van der Waals surface area contributed by atoms with Crippen LogP contribution in [0.2, 0.25) is 0 Å². The van der Waals surface area contributed by atoms with Crippen LogP contribution in [0.4, 0.5) is 5.69 Å². The molecule has 0 saturated carbocycles. The third-order valence-electron chi connectivity index (χ3n) is 6.05. The van der Waals surface area contributed by atoms with Crippen molar-refractivity contribution in [1.29, 1.82) is 0 Å². The second-order valence-electron chi connectivity index (χ2n) is 9.16. The number of hydrogen-bond acceptors (Lipinski definition) is 3. The maximum absolute atomic E-state index is 13.5. The van der Waals surface area contributed by atoms with Gasteiger partial charge < -0.3 is 9.80 Å². The summed E-state index contributed by atoms with van der Waals surface area (Å²) in [6, 6.07) is 7.83. The minimum absolute atomic E-state index is 0.0255. The van der Waals surface area contributed by atoms with Crippen molar-refractivity contribution in [3.8, 4) is 0 Å². The first kappa shape index (κ1) is 23.0. The van der Waals surface area contributed by atoms with E-state index in [2.05, 4.69) is 18.9 Å². The summed E-state index contributed by atoms with van der Waals surface area (Å²) in [5.41, 5.74) is 4.78. The van der Waals surface area contributed by atoms with Crippen LogP contribution in [0.25, 0.3) is 0 Å². The first-order chi connectivity index (χ1) is 14.8. The van der Waals surface area contributed by atoms with Gasteiger partial charge in [-0.25, -0.2) is 0 Å². The first-order valence-electron chi connectivity index (χ1n) is 11.4. The monoisotopic (exact) mass is 424 g/mol. The van der Waals surface area contributed by atoms with Crippen molar-refractivity contribution in [1.82, 2.24) is 14.7 Å². The zero-order valence-corrected chi connectivity index (χ0v) is 19.6. The van der Waals surface area contributed by atoms with E-state index in [9.17, 15) is 9.59 Å². The highest BCUT2D eigenvalue weighted by Crippen LogP contribution is 2.21. The Morgan fingerprint density at radius 1 is 1.03 bits per heavy atom. The van der Waals surface area contributed by atoms with Crippen LogP contribution in [-0.4, -0.2) is 46.1 Å². The molecule has 1 aliphatic rings. The number of benzene rings is 1. The zero-order valence-electron chi connectivity index (χ0n) is 19.6. The van der Waals surface area contributed by atoms with Gasteiger partial charge in [0.2, 0.25) is 11.8 Å². The number of likely N-dealkylation sites (tertiary alicyclic amines) is 1. The van der Waals surface area contributed by atoms with Crippen molar-refractivity contribution < 1.29 is 9.59 Å². The van der Waals surface area contributed by atoms with E-state index < -0.39 is 0 Å². The summed E-state index contributed by atoms with van der Waals surface area (Å²) >= 11 is 0. The molecule has 1 saturated heterocycles. The van der Waals surface area contributed by atoms with Gasteiger partial charge in [-0.05, 0) is 58.1 Å². The molecule has 0 bridgehead atoms. The lowest BCUT2D eigenvalue weighted by atomic mass is 10.1. The normalized spacial score (nSPS) is 14.2. The van der Waals surface area contributed by atoms with Crippen molar-refractivity contribution in [2.75, 3.05) is 24.5 Å².